The molecule has 0 bridgehead atoms. The lowest BCUT2D eigenvalue weighted by atomic mass is 10.1. The normalized spacial score (nSPS) is 12.6. The van der Waals surface area contributed by atoms with Crippen LogP contribution in [0.25, 0.3) is 5.69 Å². The van der Waals surface area contributed by atoms with Gasteiger partial charge in [-0.2, -0.15) is 0 Å². The van der Waals surface area contributed by atoms with Crippen molar-refractivity contribution in [2.75, 3.05) is 19.0 Å². The number of halogens is 4. The van der Waals surface area contributed by atoms with Crippen molar-refractivity contribution < 1.29 is 0 Å². The van der Waals surface area contributed by atoms with Gasteiger partial charge in [0.1, 0.15) is 0 Å². The summed E-state index contributed by atoms with van der Waals surface area (Å²) in [7, 11) is 3.98. The van der Waals surface area contributed by atoms with Crippen LogP contribution >= 0.6 is 47.2 Å². The molecule has 0 aliphatic carbocycles. The summed E-state index contributed by atoms with van der Waals surface area (Å²) in [6.07, 6.45) is 0. The standard InChI is InChI=1S/C18H16Cl3N5.ClH/c1-24(2)9-17-22-18-10-25(14-5-3-11(19)7-13(14)21)15-6-4-12(20)8-16(15)26(18)23-17;/h3-8H,9-10H2,1-2H3;1H. The molecule has 0 radical (unpaired) electrons. The molecule has 0 saturated heterocycles. The summed E-state index contributed by atoms with van der Waals surface area (Å²) in [6, 6.07) is 11.2. The van der Waals surface area contributed by atoms with Crippen molar-refractivity contribution in [1.29, 1.82) is 0 Å². The van der Waals surface area contributed by atoms with Crippen LogP contribution in [-0.2, 0) is 13.1 Å². The maximum atomic E-state index is 6.46. The molecule has 3 aromatic rings. The predicted molar refractivity (Wildman–Crippen MR) is 113 cm³/mol. The fourth-order valence-corrected chi connectivity index (χ4v) is 3.75. The Kier molecular flexibility index (Phi) is 5.89. The van der Waals surface area contributed by atoms with Gasteiger partial charge in [-0.15, -0.1) is 17.5 Å². The van der Waals surface area contributed by atoms with E-state index in [9.17, 15) is 0 Å². The number of anilines is 2. The van der Waals surface area contributed by atoms with E-state index >= 15 is 0 Å². The smallest absolute Gasteiger partial charge is 0.165 e. The molecule has 1 aliphatic rings. The summed E-state index contributed by atoms with van der Waals surface area (Å²) in [5.74, 6) is 1.60. The second kappa shape index (κ2) is 7.86. The monoisotopic (exact) mass is 443 g/mol. The summed E-state index contributed by atoms with van der Waals surface area (Å²) in [6.45, 7) is 1.22. The van der Waals surface area contributed by atoms with Crippen LogP contribution in [0.1, 0.15) is 11.6 Å². The van der Waals surface area contributed by atoms with Crippen LogP contribution in [0.5, 0.6) is 0 Å². The Balaban J connectivity index is 0.00000210. The third kappa shape index (κ3) is 3.89. The van der Waals surface area contributed by atoms with E-state index in [1.807, 2.05) is 54.0 Å². The molecule has 0 unspecified atom stereocenters. The van der Waals surface area contributed by atoms with Gasteiger partial charge in [0.15, 0.2) is 11.6 Å². The molecule has 0 spiro atoms. The minimum atomic E-state index is 0. The van der Waals surface area contributed by atoms with Gasteiger partial charge in [-0.25, -0.2) is 9.67 Å². The second-order valence-electron chi connectivity index (χ2n) is 6.41. The fourth-order valence-electron chi connectivity index (χ4n) is 3.07. The first-order valence-corrected chi connectivity index (χ1v) is 9.18. The Bertz CT molecular complexity index is 986. The number of fused-ring (bicyclic) bond motifs is 3. The maximum Gasteiger partial charge on any atom is 0.165 e. The lowest BCUT2D eigenvalue weighted by Gasteiger charge is -2.31. The summed E-state index contributed by atoms with van der Waals surface area (Å²) >= 11 is 18.8. The summed E-state index contributed by atoms with van der Waals surface area (Å²) in [5, 5.41) is 6.49. The SMILES string of the molecule is CN(C)Cc1nc2n(n1)-c1cc(Cl)ccc1N(c1ccc(Cl)cc1Cl)C2.Cl. The molecule has 142 valence electrons. The number of hydrogen-bond acceptors (Lipinski definition) is 4. The van der Waals surface area contributed by atoms with Crippen LogP contribution < -0.4 is 4.90 Å². The number of aromatic nitrogens is 3. The Morgan fingerprint density at radius 3 is 2.30 bits per heavy atom. The molecule has 2 aromatic carbocycles. The maximum absolute atomic E-state index is 6.46. The molecule has 1 aliphatic heterocycles. The van der Waals surface area contributed by atoms with Crippen LogP contribution in [0.4, 0.5) is 11.4 Å². The van der Waals surface area contributed by atoms with Gasteiger partial charge in [-0.1, -0.05) is 34.8 Å². The Hall–Kier alpha value is -1.50. The minimum Gasteiger partial charge on any atom is -0.331 e. The summed E-state index contributed by atoms with van der Waals surface area (Å²) in [4.78, 5) is 8.84. The Morgan fingerprint density at radius 1 is 0.963 bits per heavy atom. The average Bonchev–Trinajstić information content (AvgIpc) is 2.96. The van der Waals surface area contributed by atoms with Crippen molar-refractivity contribution in [2.24, 2.45) is 0 Å². The first-order chi connectivity index (χ1) is 12.4. The molecular weight excluding hydrogens is 428 g/mol. The summed E-state index contributed by atoms with van der Waals surface area (Å²) in [5.41, 5.74) is 2.71. The first-order valence-electron chi connectivity index (χ1n) is 8.04. The van der Waals surface area contributed by atoms with Crippen LogP contribution in [0, 0.1) is 0 Å². The molecule has 9 heteroatoms. The van der Waals surface area contributed by atoms with E-state index in [2.05, 4.69) is 10.00 Å². The fraction of sp³-hybridized carbons (Fsp3) is 0.222. The highest BCUT2D eigenvalue weighted by molar-refractivity contribution is 6.36. The third-order valence-electron chi connectivity index (χ3n) is 4.13. The Labute approximate surface area is 178 Å². The molecule has 0 fully saturated rings. The van der Waals surface area contributed by atoms with Crippen LogP contribution in [-0.4, -0.2) is 33.8 Å². The van der Waals surface area contributed by atoms with Crippen molar-refractivity contribution in [3.63, 3.8) is 0 Å². The highest BCUT2D eigenvalue weighted by Crippen LogP contribution is 2.41. The van der Waals surface area contributed by atoms with Gasteiger partial charge in [-0.05, 0) is 50.5 Å². The first kappa shape index (κ1) is 20.2. The van der Waals surface area contributed by atoms with Crippen molar-refractivity contribution in [3.05, 3.63) is 63.1 Å². The molecule has 2 heterocycles. The van der Waals surface area contributed by atoms with Gasteiger partial charge >= 0.3 is 0 Å². The minimum absolute atomic E-state index is 0. The highest BCUT2D eigenvalue weighted by Gasteiger charge is 2.27. The van der Waals surface area contributed by atoms with Gasteiger partial charge in [0.2, 0.25) is 0 Å². The second-order valence-corrected chi connectivity index (χ2v) is 7.69. The largest absolute Gasteiger partial charge is 0.331 e. The van der Waals surface area contributed by atoms with E-state index in [1.54, 1.807) is 6.07 Å². The number of hydrogen-bond donors (Lipinski definition) is 0. The quantitative estimate of drug-likeness (QED) is 0.544. The van der Waals surface area contributed by atoms with Crippen molar-refractivity contribution >= 4 is 58.6 Å². The van der Waals surface area contributed by atoms with Crippen LogP contribution in [0.2, 0.25) is 15.1 Å². The zero-order valence-corrected chi connectivity index (χ0v) is 17.7. The van der Waals surface area contributed by atoms with E-state index < -0.39 is 0 Å². The predicted octanol–water partition coefficient (Wildman–Crippen LogP) is 5.36. The van der Waals surface area contributed by atoms with E-state index in [0.29, 0.717) is 28.2 Å². The van der Waals surface area contributed by atoms with Gasteiger partial charge in [0.05, 0.1) is 35.2 Å². The zero-order chi connectivity index (χ0) is 18.4. The lowest BCUT2D eigenvalue weighted by molar-refractivity contribution is 0.390. The van der Waals surface area contributed by atoms with E-state index in [0.717, 1.165) is 28.7 Å². The highest BCUT2D eigenvalue weighted by atomic mass is 35.5. The van der Waals surface area contributed by atoms with Crippen molar-refractivity contribution in [1.82, 2.24) is 19.7 Å². The van der Waals surface area contributed by atoms with E-state index in [-0.39, 0.29) is 12.4 Å². The number of rotatable bonds is 3. The Morgan fingerprint density at radius 2 is 1.63 bits per heavy atom. The summed E-state index contributed by atoms with van der Waals surface area (Å²) < 4.78 is 1.86. The van der Waals surface area contributed by atoms with Gasteiger partial charge in [-0.3, -0.25) is 0 Å². The number of benzene rings is 2. The number of nitrogens with zero attached hydrogens (tertiary/aromatic N) is 5. The third-order valence-corrected chi connectivity index (χ3v) is 4.91. The van der Waals surface area contributed by atoms with Gasteiger partial charge < -0.3 is 9.80 Å². The molecule has 4 rings (SSSR count). The molecule has 5 nitrogen and oxygen atoms in total. The average molecular weight is 445 g/mol. The topological polar surface area (TPSA) is 37.2 Å². The van der Waals surface area contributed by atoms with Crippen molar-refractivity contribution in [3.8, 4) is 5.69 Å². The van der Waals surface area contributed by atoms with Crippen molar-refractivity contribution in [2.45, 2.75) is 13.1 Å². The molecule has 27 heavy (non-hydrogen) atoms. The molecular formula is C18H17Cl4N5. The van der Waals surface area contributed by atoms with E-state index in [1.165, 1.54) is 0 Å². The molecule has 0 N–H and O–H groups in total. The molecule has 0 atom stereocenters. The molecule has 0 amide bonds. The van der Waals surface area contributed by atoms with Gasteiger partial charge in [0, 0.05) is 10.0 Å². The van der Waals surface area contributed by atoms with E-state index in [4.69, 9.17) is 39.8 Å². The molecule has 0 saturated carbocycles. The molecule has 1 aromatic heterocycles. The van der Waals surface area contributed by atoms with Gasteiger partial charge in [0.25, 0.3) is 0 Å². The van der Waals surface area contributed by atoms with Crippen LogP contribution in [0.15, 0.2) is 36.4 Å². The zero-order valence-electron chi connectivity index (χ0n) is 14.7. The lowest BCUT2D eigenvalue weighted by Crippen LogP contribution is -2.26. The van der Waals surface area contributed by atoms with Crippen LogP contribution in [0.3, 0.4) is 0 Å².